The van der Waals surface area contributed by atoms with E-state index in [1.807, 2.05) is 13.0 Å². The van der Waals surface area contributed by atoms with Gasteiger partial charge in [0, 0.05) is 11.8 Å². The SMILES string of the molecule is Cc1ccc(S(=O)(=O)Oc2ccc3c(c2)CC[C@@H]2[C@@H]3CC[C@]3(C)C(=O)CC[C@@H]23)cc1. The highest BCUT2D eigenvalue weighted by Crippen LogP contribution is 2.59. The molecular weight excluding hydrogens is 396 g/mol. The second kappa shape index (κ2) is 6.94. The summed E-state index contributed by atoms with van der Waals surface area (Å²) in [7, 11) is -3.84. The molecule has 0 aliphatic heterocycles. The lowest BCUT2D eigenvalue weighted by molar-refractivity contribution is -0.129. The third-order valence-corrected chi connectivity index (χ3v) is 9.18. The number of carbonyl (C=O) groups is 1. The first-order valence-electron chi connectivity index (χ1n) is 11.0. The van der Waals surface area contributed by atoms with Crippen LogP contribution in [0.15, 0.2) is 47.4 Å². The third kappa shape index (κ3) is 3.09. The summed E-state index contributed by atoms with van der Waals surface area (Å²) >= 11 is 0. The zero-order valence-corrected chi connectivity index (χ0v) is 18.4. The van der Waals surface area contributed by atoms with Crippen LogP contribution in [0.1, 0.15) is 61.6 Å². The molecule has 0 unspecified atom stereocenters. The predicted octanol–water partition coefficient (Wildman–Crippen LogP) is 5.19. The smallest absolute Gasteiger partial charge is 0.339 e. The van der Waals surface area contributed by atoms with Crippen molar-refractivity contribution >= 4 is 15.9 Å². The van der Waals surface area contributed by atoms with Gasteiger partial charge in [-0.1, -0.05) is 30.7 Å². The van der Waals surface area contributed by atoms with E-state index in [-0.39, 0.29) is 10.3 Å². The van der Waals surface area contributed by atoms with Crippen molar-refractivity contribution in [2.75, 3.05) is 0 Å². The van der Waals surface area contributed by atoms with Crippen LogP contribution in [0.4, 0.5) is 0 Å². The molecule has 0 bridgehead atoms. The maximum atomic E-state index is 12.6. The van der Waals surface area contributed by atoms with E-state index in [4.69, 9.17) is 4.18 Å². The maximum Gasteiger partial charge on any atom is 0.339 e. The number of aryl methyl sites for hydroxylation is 2. The molecule has 2 saturated carbocycles. The fourth-order valence-electron chi connectivity index (χ4n) is 6.26. The molecule has 0 saturated heterocycles. The van der Waals surface area contributed by atoms with Crippen molar-refractivity contribution in [2.24, 2.45) is 17.3 Å². The van der Waals surface area contributed by atoms with Gasteiger partial charge in [0.2, 0.25) is 0 Å². The molecule has 5 heteroatoms. The van der Waals surface area contributed by atoms with Crippen molar-refractivity contribution in [3.8, 4) is 5.75 Å². The van der Waals surface area contributed by atoms with Crippen molar-refractivity contribution in [3.63, 3.8) is 0 Å². The molecule has 30 heavy (non-hydrogen) atoms. The number of hydrogen-bond acceptors (Lipinski definition) is 4. The molecular formula is C25H28O4S. The molecule has 158 valence electrons. The lowest BCUT2D eigenvalue weighted by Crippen LogP contribution is -2.42. The van der Waals surface area contributed by atoms with Gasteiger partial charge in [0.1, 0.15) is 16.4 Å². The summed E-state index contributed by atoms with van der Waals surface area (Å²) < 4.78 is 30.7. The molecule has 4 nitrogen and oxygen atoms in total. The van der Waals surface area contributed by atoms with E-state index in [1.54, 1.807) is 30.3 Å². The van der Waals surface area contributed by atoms with E-state index in [0.717, 1.165) is 44.1 Å². The van der Waals surface area contributed by atoms with Gasteiger partial charge in [0.15, 0.2) is 0 Å². The molecule has 0 heterocycles. The first-order valence-corrected chi connectivity index (χ1v) is 12.4. The Bertz CT molecular complexity index is 1100. The van der Waals surface area contributed by atoms with Crippen LogP contribution in [-0.4, -0.2) is 14.2 Å². The highest BCUT2D eigenvalue weighted by molar-refractivity contribution is 7.87. The number of ketones is 1. The van der Waals surface area contributed by atoms with Crippen LogP contribution in [0.5, 0.6) is 5.75 Å². The Balaban J connectivity index is 1.40. The van der Waals surface area contributed by atoms with E-state index >= 15 is 0 Å². The normalized spacial score (nSPS) is 30.3. The molecule has 0 aromatic heterocycles. The van der Waals surface area contributed by atoms with Gasteiger partial charge in [0.05, 0.1) is 0 Å². The van der Waals surface area contributed by atoms with Gasteiger partial charge in [-0.2, -0.15) is 8.42 Å². The average molecular weight is 425 g/mol. The van der Waals surface area contributed by atoms with Crippen molar-refractivity contribution < 1.29 is 17.4 Å². The number of fused-ring (bicyclic) bond motifs is 5. The monoisotopic (exact) mass is 424 g/mol. The number of Topliss-reactive ketones (excluding diaryl/α,β-unsaturated/α-hetero) is 1. The minimum Gasteiger partial charge on any atom is -0.379 e. The summed E-state index contributed by atoms with van der Waals surface area (Å²) in [6.45, 7) is 4.11. The summed E-state index contributed by atoms with van der Waals surface area (Å²) in [4.78, 5) is 12.7. The summed E-state index contributed by atoms with van der Waals surface area (Å²) in [6, 6.07) is 12.5. The fraction of sp³-hybridized carbons (Fsp3) is 0.480. The van der Waals surface area contributed by atoms with Gasteiger partial charge < -0.3 is 4.18 Å². The molecule has 0 spiro atoms. The van der Waals surface area contributed by atoms with E-state index in [9.17, 15) is 13.2 Å². The summed E-state index contributed by atoms with van der Waals surface area (Å²) in [5.41, 5.74) is 3.41. The fourth-order valence-corrected chi connectivity index (χ4v) is 7.18. The lowest BCUT2D eigenvalue weighted by Gasteiger charge is -2.48. The van der Waals surface area contributed by atoms with Crippen LogP contribution in [0, 0.1) is 24.2 Å². The van der Waals surface area contributed by atoms with E-state index in [1.165, 1.54) is 11.1 Å². The number of rotatable bonds is 3. The molecule has 4 atom stereocenters. The van der Waals surface area contributed by atoms with Gasteiger partial charge in [-0.25, -0.2) is 0 Å². The van der Waals surface area contributed by atoms with Crippen molar-refractivity contribution in [3.05, 3.63) is 59.2 Å². The Morgan fingerprint density at radius 2 is 1.77 bits per heavy atom. The first kappa shape index (κ1) is 19.8. The van der Waals surface area contributed by atoms with Crippen molar-refractivity contribution in [1.82, 2.24) is 0 Å². The highest BCUT2D eigenvalue weighted by atomic mass is 32.2. The maximum absolute atomic E-state index is 12.6. The van der Waals surface area contributed by atoms with Gasteiger partial charge in [-0.15, -0.1) is 0 Å². The van der Waals surface area contributed by atoms with Crippen LogP contribution >= 0.6 is 0 Å². The zero-order chi connectivity index (χ0) is 21.1. The Hall–Kier alpha value is -2.14. The van der Waals surface area contributed by atoms with Crippen LogP contribution in [0.3, 0.4) is 0 Å². The molecule has 0 amide bonds. The average Bonchev–Trinajstić information content (AvgIpc) is 3.02. The van der Waals surface area contributed by atoms with Gasteiger partial charge >= 0.3 is 10.1 Å². The molecule has 3 aliphatic rings. The second-order valence-electron chi connectivity index (χ2n) is 9.54. The third-order valence-electron chi connectivity index (χ3n) is 7.92. The first-order chi connectivity index (χ1) is 14.3. The Morgan fingerprint density at radius 1 is 1.00 bits per heavy atom. The predicted molar refractivity (Wildman–Crippen MR) is 115 cm³/mol. The topological polar surface area (TPSA) is 60.4 Å². The Morgan fingerprint density at radius 3 is 2.53 bits per heavy atom. The van der Waals surface area contributed by atoms with Gasteiger partial charge in [0.25, 0.3) is 0 Å². The van der Waals surface area contributed by atoms with Crippen molar-refractivity contribution in [2.45, 2.75) is 63.2 Å². The summed E-state index contributed by atoms with van der Waals surface area (Å²) in [5.74, 6) is 2.37. The van der Waals surface area contributed by atoms with E-state index in [0.29, 0.717) is 29.3 Å². The largest absolute Gasteiger partial charge is 0.379 e. The van der Waals surface area contributed by atoms with Gasteiger partial charge in [-0.3, -0.25) is 4.79 Å². The van der Waals surface area contributed by atoms with Crippen LogP contribution in [-0.2, 0) is 21.3 Å². The zero-order valence-electron chi connectivity index (χ0n) is 17.6. The molecule has 0 N–H and O–H groups in total. The molecule has 2 aromatic carbocycles. The van der Waals surface area contributed by atoms with E-state index in [2.05, 4.69) is 13.0 Å². The quantitative estimate of drug-likeness (QED) is 0.637. The second-order valence-corrected chi connectivity index (χ2v) is 11.1. The van der Waals surface area contributed by atoms with Crippen LogP contribution < -0.4 is 4.18 Å². The van der Waals surface area contributed by atoms with Crippen molar-refractivity contribution in [1.29, 1.82) is 0 Å². The Labute approximate surface area is 178 Å². The standard InChI is InChI=1S/C25H28O4S/c1-16-3-7-19(8-4-16)30(27,28)29-18-6-10-20-17(15-18)5-9-22-21(20)13-14-25(2)23(22)11-12-24(25)26/h3-4,6-8,10,15,21-23H,5,9,11-14H2,1-2H3/t21-,22-,23+,25+/m1/s1. The number of carbonyl (C=O) groups excluding carboxylic acids is 1. The lowest BCUT2D eigenvalue weighted by atomic mass is 9.55. The molecule has 5 rings (SSSR count). The van der Waals surface area contributed by atoms with Crippen LogP contribution in [0.25, 0.3) is 0 Å². The highest BCUT2D eigenvalue weighted by Gasteiger charge is 2.54. The number of benzene rings is 2. The van der Waals surface area contributed by atoms with Crippen LogP contribution in [0.2, 0.25) is 0 Å². The number of hydrogen-bond donors (Lipinski definition) is 0. The molecule has 2 fully saturated rings. The minimum atomic E-state index is -3.84. The van der Waals surface area contributed by atoms with E-state index < -0.39 is 10.1 Å². The Kier molecular flexibility index (Phi) is 4.58. The van der Waals surface area contributed by atoms with Gasteiger partial charge in [-0.05, 0) is 92.2 Å². The minimum absolute atomic E-state index is 0.121. The summed E-state index contributed by atoms with van der Waals surface area (Å²) in [5, 5.41) is 0. The summed E-state index contributed by atoms with van der Waals surface area (Å²) in [6.07, 6.45) is 5.76. The molecule has 0 radical (unpaired) electrons. The molecule has 2 aromatic rings. The molecule has 3 aliphatic carbocycles.